The van der Waals surface area contributed by atoms with E-state index < -0.39 is 0 Å². The number of hydrogen-bond donors (Lipinski definition) is 1. The summed E-state index contributed by atoms with van der Waals surface area (Å²) in [4.78, 5) is 1.47. The minimum absolute atomic E-state index is 0. The van der Waals surface area contributed by atoms with Crippen molar-refractivity contribution in [3.05, 3.63) is 46.2 Å². The first kappa shape index (κ1) is 19.1. The minimum atomic E-state index is 0. The second-order valence-electron chi connectivity index (χ2n) is 6.27. The number of benzene rings is 1. The van der Waals surface area contributed by atoms with Crippen molar-refractivity contribution in [3.8, 4) is 11.5 Å². The van der Waals surface area contributed by atoms with Gasteiger partial charge in [0.25, 0.3) is 0 Å². The van der Waals surface area contributed by atoms with Crippen molar-refractivity contribution in [3.63, 3.8) is 0 Å². The van der Waals surface area contributed by atoms with Gasteiger partial charge in [-0.3, -0.25) is 0 Å². The van der Waals surface area contributed by atoms with E-state index in [0.717, 1.165) is 30.9 Å². The van der Waals surface area contributed by atoms with Crippen LogP contribution in [0.4, 0.5) is 0 Å². The number of fused-ring (bicyclic) bond motifs is 1. The highest BCUT2D eigenvalue weighted by Crippen LogP contribution is 2.43. The van der Waals surface area contributed by atoms with E-state index in [-0.39, 0.29) is 18.5 Å². The lowest BCUT2D eigenvalue weighted by atomic mass is 9.82. The second kappa shape index (κ2) is 8.75. The van der Waals surface area contributed by atoms with E-state index in [1.165, 1.54) is 10.4 Å². The van der Waals surface area contributed by atoms with E-state index >= 15 is 0 Å². The molecule has 3 atom stereocenters. The van der Waals surface area contributed by atoms with Crippen LogP contribution >= 0.6 is 23.7 Å². The lowest BCUT2D eigenvalue weighted by Crippen LogP contribution is -2.26. The Labute approximate surface area is 154 Å². The Morgan fingerprint density at radius 3 is 2.88 bits per heavy atom. The second-order valence-corrected chi connectivity index (χ2v) is 7.25. The quantitative estimate of drug-likeness (QED) is 0.793. The van der Waals surface area contributed by atoms with Crippen molar-refractivity contribution < 1.29 is 9.47 Å². The van der Waals surface area contributed by atoms with E-state index in [1.54, 1.807) is 7.11 Å². The number of likely N-dealkylation sites (N-methyl/N-ethyl adjacent to an activating group) is 1. The predicted octanol–water partition coefficient (Wildman–Crippen LogP) is 4.83. The highest BCUT2D eigenvalue weighted by Gasteiger charge is 2.29. The van der Waals surface area contributed by atoms with Gasteiger partial charge >= 0.3 is 0 Å². The third-order valence-corrected chi connectivity index (χ3v) is 5.61. The molecule has 1 N–H and O–H groups in total. The number of nitrogens with one attached hydrogen (secondary N) is 1. The first-order valence-corrected chi connectivity index (χ1v) is 9.11. The average molecular weight is 368 g/mol. The summed E-state index contributed by atoms with van der Waals surface area (Å²) in [5.74, 6) is 2.93. The highest BCUT2D eigenvalue weighted by molar-refractivity contribution is 7.10. The molecule has 1 aliphatic heterocycles. The summed E-state index contributed by atoms with van der Waals surface area (Å²) >= 11 is 1.86. The van der Waals surface area contributed by atoms with Crippen LogP contribution < -0.4 is 14.8 Å². The SMILES string of the molecule is CNCC(CC1CC(C)Oc2cc(OC)ccc21)c1cccs1.Cl. The molecule has 5 heteroatoms. The Hall–Kier alpha value is -1.23. The topological polar surface area (TPSA) is 30.5 Å². The van der Waals surface area contributed by atoms with Crippen LogP contribution in [0.3, 0.4) is 0 Å². The fourth-order valence-corrected chi connectivity index (χ4v) is 4.35. The third kappa shape index (κ3) is 4.24. The van der Waals surface area contributed by atoms with E-state index in [1.807, 2.05) is 30.5 Å². The van der Waals surface area contributed by atoms with Gasteiger partial charge < -0.3 is 14.8 Å². The molecular weight excluding hydrogens is 342 g/mol. The molecule has 0 saturated carbocycles. The number of hydrogen-bond acceptors (Lipinski definition) is 4. The minimum Gasteiger partial charge on any atom is -0.497 e. The summed E-state index contributed by atoms with van der Waals surface area (Å²) in [6, 6.07) is 10.6. The molecule has 2 heterocycles. The van der Waals surface area contributed by atoms with Gasteiger partial charge in [-0.1, -0.05) is 12.1 Å². The molecule has 3 rings (SSSR count). The van der Waals surface area contributed by atoms with Gasteiger partial charge in [0.1, 0.15) is 11.5 Å². The highest BCUT2D eigenvalue weighted by atomic mass is 35.5. The summed E-state index contributed by atoms with van der Waals surface area (Å²) in [7, 11) is 3.73. The molecule has 1 aromatic carbocycles. The summed E-state index contributed by atoms with van der Waals surface area (Å²) in [5, 5.41) is 5.52. The van der Waals surface area contributed by atoms with Gasteiger partial charge in [-0.05, 0) is 55.8 Å². The van der Waals surface area contributed by atoms with Gasteiger partial charge in [-0.25, -0.2) is 0 Å². The van der Waals surface area contributed by atoms with Gasteiger partial charge in [0, 0.05) is 23.4 Å². The standard InChI is InChI=1S/C19H25NO2S.ClH/c1-13-9-14(10-15(12-20-2)19-5-4-8-23-19)17-7-6-16(21-3)11-18(17)22-13;/h4-8,11,13-15,20H,9-10,12H2,1-3H3;1H. The summed E-state index contributed by atoms with van der Waals surface area (Å²) in [6.45, 7) is 3.17. The zero-order valence-electron chi connectivity index (χ0n) is 14.5. The molecule has 0 radical (unpaired) electrons. The summed E-state index contributed by atoms with van der Waals surface area (Å²) in [6.07, 6.45) is 2.47. The third-order valence-electron chi connectivity index (χ3n) is 4.57. The number of methoxy groups -OCH3 is 1. The molecule has 2 aromatic rings. The molecule has 24 heavy (non-hydrogen) atoms. The van der Waals surface area contributed by atoms with Crippen LogP contribution in [0.5, 0.6) is 11.5 Å². The first-order chi connectivity index (χ1) is 11.2. The van der Waals surface area contributed by atoms with E-state index in [0.29, 0.717) is 11.8 Å². The maximum absolute atomic E-state index is 6.04. The van der Waals surface area contributed by atoms with Crippen LogP contribution in [0.2, 0.25) is 0 Å². The van der Waals surface area contributed by atoms with Crippen molar-refractivity contribution in [2.75, 3.05) is 20.7 Å². The normalized spacial score (nSPS) is 20.5. The van der Waals surface area contributed by atoms with Crippen LogP contribution in [0.1, 0.15) is 42.0 Å². The molecule has 3 unspecified atom stereocenters. The maximum atomic E-state index is 6.04. The maximum Gasteiger partial charge on any atom is 0.126 e. The van der Waals surface area contributed by atoms with Crippen LogP contribution in [0, 0.1) is 0 Å². The number of thiophene rings is 1. The Morgan fingerprint density at radius 2 is 2.21 bits per heavy atom. The van der Waals surface area contributed by atoms with Crippen molar-refractivity contribution in [1.82, 2.24) is 5.32 Å². The van der Waals surface area contributed by atoms with E-state index in [2.05, 4.69) is 35.8 Å². The van der Waals surface area contributed by atoms with Gasteiger partial charge in [-0.15, -0.1) is 23.7 Å². The summed E-state index contributed by atoms with van der Waals surface area (Å²) in [5.41, 5.74) is 1.32. The zero-order valence-corrected chi connectivity index (χ0v) is 16.1. The molecule has 1 aliphatic rings. The van der Waals surface area contributed by atoms with Gasteiger partial charge in [0.2, 0.25) is 0 Å². The molecule has 0 fully saturated rings. The Bertz CT molecular complexity index is 632. The van der Waals surface area contributed by atoms with Crippen molar-refractivity contribution in [2.24, 2.45) is 0 Å². The molecule has 3 nitrogen and oxygen atoms in total. The Morgan fingerprint density at radius 1 is 1.38 bits per heavy atom. The smallest absolute Gasteiger partial charge is 0.126 e. The number of halogens is 1. The molecule has 132 valence electrons. The molecular formula is C19H26ClNO2S. The van der Waals surface area contributed by atoms with Crippen LogP contribution in [-0.4, -0.2) is 26.8 Å². The van der Waals surface area contributed by atoms with Crippen molar-refractivity contribution in [2.45, 2.75) is 37.7 Å². The number of ether oxygens (including phenoxy) is 2. The molecule has 0 saturated heterocycles. The van der Waals surface area contributed by atoms with E-state index in [4.69, 9.17) is 9.47 Å². The predicted molar refractivity (Wildman–Crippen MR) is 103 cm³/mol. The van der Waals surface area contributed by atoms with Crippen LogP contribution in [-0.2, 0) is 0 Å². The lowest BCUT2D eigenvalue weighted by molar-refractivity contribution is 0.170. The summed E-state index contributed by atoms with van der Waals surface area (Å²) < 4.78 is 11.4. The van der Waals surface area contributed by atoms with E-state index in [9.17, 15) is 0 Å². The molecule has 0 aliphatic carbocycles. The molecule has 1 aromatic heterocycles. The fourth-order valence-electron chi connectivity index (χ4n) is 3.51. The average Bonchev–Trinajstić information content (AvgIpc) is 3.08. The molecule has 0 amide bonds. The van der Waals surface area contributed by atoms with Crippen molar-refractivity contribution >= 4 is 23.7 Å². The molecule has 0 bridgehead atoms. The first-order valence-electron chi connectivity index (χ1n) is 8.23. The van der Waals surface area contributed by atoms with Crippen molar-refractivity contribution in [1.29, 1.82) is 0 Å². The Balaban J connectivity index is 0.00000208. The van der Waals surface area contributed by atoms with Gasteiger partial charge in [-0.2, -0.15) is 0 Å². The van der Waals surface area contributed by atoms with Gasteiger partial charge in [0.05, 0.1) is 13.2 Å². The monoisotopic (exact) mass is 367 g/mol. The zero-order chi connectivity index (χ0) is 16.2. The largest absolute Gasteiger partial charge is 0.497 e. The van der Waals surface area contributed by atoms with Crippen LogP contribution in [0.25, 0.3) is 0 Å². The number of rotatable bonds is 6. The van der Waals surface area contributed by atoms with Gasteiger partial charge in [0.15, 0.2) is 0 Å². The fraction of sp³-hybridized carbons (Fsp3) is 0.474. The Kier molecular flexibility index (Phi) is 6.96. The molecule has 0 spiro atoms. The van der Waals surface area contributed by atoms with Crippen LogP contribution in [0.15, 0.2) is 35.7 Å². The lowest BCUT2D eigenvalue weighted by Gasteiger charge is -2.32.